The van der Waals surface area contributed by atoms with E-state index in [9.17, 15) is 4.79 Å². The summed E-state index contributed by atoms with van der Waals surface area (Å²) in [5.74, 6) is 0.789. The molecular weight excluding hydrogens is 509 g/mol. The van der Waals surface area contributed by atoms with Crippen LogP contribution in [0.5, 0.6) is 11.5 Å². The van der Waals surface area contributed by atoms with Crippen molar-refractivity contribution >= 4 is 63.5 Å². The fourth-order valence-corrected chi connectivity index (χ4v) is 5.11. The lowest BCUT2D eigenvalue weighted by atomic mass is 10.1. The highest BCUT2D eigenvalue weighted by Gasteiger charge is 2.32. The fourth-order valence-electron chi connectivity index (χ4n) is 3.39. The van der Waals surface area contributed by atoms with Crippen LogP contribution >= 0.6 is 47.2 Å². The summed E-state index contributed by atoms with van der Waals surface area (Å²) in [6.45, 7) is 2.99. The molecule has 0 spiro atoms. The van der Waals surface area contributed by atoms with E-state index in [-0.39, 0.29) is 12.5 Å². The molecule has 8 heteroatoms. The van der Waals surface area contributed by atoms with E-state index in [4.69, 9.17) is 44.9 Å². The number of rotatable bonds is 8. The van der Waals surface area contributed by atoms with Gasteiger partial charge in [-0.05, 0) is 42.3 Å². The molecule has 0 atom stereocenters. The van der Waals surface area contributed by atoms with E-state index >= 15 is 0 Å². The number of nitrogens with zero attached hydrogens (tertiary/aromatic N) is 1. The molecule has 4 rings (SSSR count). The number of thioether (sulfide) groups is 1. The van der Waals surface area contributed by atoms with Gasteiger partial charge in [0.15, 0.2) is 11.5 Å². The van der Waals surface area contributed by atoms with Crippen molar-refractivity contribution in [2.45, 2.75) is 20.1 Å². The molecule has 1 amide bonds. The third kappa shape index (κ3) is 5.76. The molecule has 0 radical (unpaired) electrons. The summed E-state index contributed by atoms with van der Waals surface area (Å²) in [7, 11) is 0. The number of carbonyl (C=O) groups is 1. The number of halogens is 2. The van der Waals surface area contributed by atoms with Gasteiger partial charge in [0.05, 0.1) is 23.1 Å². The fraction of sp³-hybridized carbons (Fsp3) is 0.154. The van der Waals surface area contributed by atoms with E-state index in [0.29, 0.717) is 43.9 Å². The minimum absolute atomic E-state index is 0.132. The van der Waals surface area contributed by atoms with Crippen LogP contribution in [0.3, 0.4) is 0 Å². The Balaban J connectivity index is 1.56. The molecule has 3 aromatic carbocycles. The SMILES string of the molecule is CCOc1cc(C=C2SC(=S)N(Cc3ccccc3)C2=O)cc(Cl)c1OCc1ccccc1Cl. The number of benzene rings is 3. The first-order chi connectivity index (χ1) is 16.5. The topological polar surface area (TPSA) is 38.8 Å². The second-order valence-corrected chi connectivity index (χ2v) is 9.89. The summed E-state index contributed by atoms with van der Waals surface area (Å²) in [5.41, 5.74) is 2.58. The molecule has 1 saturated heterocycles. The van der Waals surface area contributed by atoms with E-state index in [1.165, 1.54) is 11.8 Å². The van der Waals surface area contributed by atoms with Crippen LogP contribution in [0, 0.1) is 0 Å². The second kappa shape index (κ2) is 11.3. The van der Waals surface area contributed by atoms with Crippen molar-refractivity contribution in [3.05, 3.63) is 98.4 Å². The maximum absolute atomic E-state index is 13.0. The van der Waals surface area contributed by atoms with Crippen molar-refractivity contribution < 1.29 is 14.3 Å². The third-order valence-corrected chi connectivity index (χ3v) is 7.04. The number of ether oxygens (including phenoxy) is 2. The summed E-state index contributed by atoms with van der Waals surface area (Å²) >= 11 is 19.5. The molecule has 0 bridgehead atoms. The van der Waals surface area contributed by atoms with Crippen molar-refractivity contribution in [1.29, 1.82) is 0 Å². The summed E-state index contributed by atoms with van der Waals surface area (Å²) in [4.78, 5) is 15.2. The Hall–Kier alpha value is -2.51. The lowest BCUT2D eigenvalue weighted by molar-refractivity contribution is -0.122. The molecular formula is C26H21Cl2NO3S2. The van der Waals surface area contributed by atoms with E-state index in [1.54, 1.807) is 23.1 Å². The van der Waals surface area contributed by atoms with E-state index in [1.807, 2.05) is 61.5 Å². The minimum Gasteiger partial charge on any atom is -0.490 e. The zero-order valence-electron chi connectivity index (χ0n) is 18.3. The van der Waals surface area contributed by atoms with Gasteiger partial charge in [-0.3, -0.25) is 9.69 Å². The van der Waals surface area contributed by atoms with Crippen molar-refractivity contribution in [2.24, 2.45) is 0 Å². The Labute approximate surface area is 218 Å². The number of hydrogen-bond donors (Lipinski definition) is 0. The Morgan fingerprint density at radius 2 is 1.74 bits per heavy atom. The van der Waals surface area contributed by atoms with Gasteiger partial charge >= 0.3 is 0 Å². The van der Waals surface area contributed by atoms with Crippen molar-refractivity contribution in [3.63, 3.8) is 0 Å². The van der Waals surface area contributed by atoms with Crippen LogP contribution in [0.15, 0.2) is 71.6 Å². The molecule has 0 aromatic heterocycles. The zero-order valence-corrected chi connectivity index (χ0v) is 21.4. The van der Waals surface area contributed by atoms with E-state index < -0.39 is 0 Å². The molecule has 0 aliphatic carbocycles. The van der Waals surface area contributed by atoms with E-state index in [0.717, 1.165) is 16.7 Å². The van der Waals surface area contributed by atoms with Gasteiger partial charge < -0.3 is 9.47 Å². The maximum Gasteiger partial charge on any atom is 0.266 e. The van der Waals surface area contributed by atoms with Crippen LogP contribution < -0.4 is 9.47 Å². The Kier molecular flexibility index (Phi) is 8.16. The average molecular weight is 530 g/mol. The smallest absolute Gasteiger partial charge is 0.266 e. The maximum atomic E-state index is 13.0. The molecule has 0 saturated carbocycles. The van der Waals surface area contributed by atoms with Crippen molar-refractivity contribution in [2.75, 3.05) is 6.61 Å². The Bertz CT molecular complexity index is 1250. The van der Waals surface area contributed by atoms with Crippen molar-refractivity contribution in [3.8, 4) is 11.5 Å². The predicted molar refractivity (Wildman–Crippen MR) is 144 cm³/mol. The number of hydrogen-bond acceptors (Lipinski definition) is 5. The summed E-state index contributed by atoms with van der Waals surface area (Å²) in [6, 6.07) is 20.8. The third-order valence-electron chi connectivity index (χ3n) is 5.02. The van der Waals surface area contributed by atoms with Gasteiger partial charge in [-0.25, -0.2) is 0 Å². The molecule has 1 fully saturated rings. The van der Waals surface area contributed by atoms with Gasteiger partial charge in [0.25, 0.3) is 5.91 Å². The highest BCUT2D eigenvalue weighted by Crippen LogP contribution is 2.40. The van der Waals surface area contributed by atoms with Crippen LogP contribution in [-0.2, 0) is 17.9 Å². The normalized spacial score (nSPS) is 14.7. The first-order valence-corrected chi connectivity index (χ1v) is 12.6. The first-order valence-electron chi connectivity index (χ1n) is 10.6. The molecule has 0 N–H and O–H groups in total. The van der Waals surface area contributed by atoms with Crippen molar-refractivity contribution in [1.82, 2.24) is 4.90 Å². The van der Waals surface area contributed by atoms with Gasteiger partial charge in [0, 0.05) is 10.6 Å². The highest BCUT2D eigenvalue weighted by atomic mass is 35.5. The molecule has 34 heavy (non-hydrogen) atoms. The Morgan fingerprint density at radius 1 is 1.00 bits per heavy atom. The van der Waals surface area contributed by atoms with Gasteiger partial charge in [0.1, 0.15) is 10.9 Å². The number of thiocarbonyl (C=S) groups is 1. The van der Waals surface area contributed by atoms with Gasteiger partial charge in [0.2, 0.25) is 0 Å². The molecule has 174 valence electrons. The lowest BCUT2D eigenvalue weighted by Gasteiger charge is -2.15. The van der Waals surface area contributed by atoms with E-state index in [2.05, 4.69) is 0 Å². The highest BCUT2D eigenvalue weighted by molar-refractivity contribution is 8.26. The average Bonchev–Trinajstić information content (AvgIpc) is 3.08. The van der Waals surface area contributed by atoms with Crippen LogP contribution in [0.1, 0.15) is 23.6 Å². The summed E-state index contributed by atoms with van der Waals surface area (Å²) in [5, 5.41) is 0.995. The predicted octanol–water partition coefficient (Wildman–Crippen LogP) is 7.37. The zero-order chi connectivity index (χ0) is 24.1. The van der Waals surface area contributed by atoms with Crippen LogP contribution in [-0.4, -0.2) is 21.7 Å². The molecule has 1 heterocycles. The minimum atomic E-state index is -0.132. The quantitative estimate of drug-likeness (QED) is 0.225. The lowest BCUT2D eigenvalue weighted by Crippen LogP contribution is -2.27. The standard InChI is InChI=1S/C26H21Cl2NO3S2/c1-2-31-22-13-18(12-21(28)24(22)32-16-19-10-6-7-11-20(19)27)14-23-25(30)29(26(33)34-23)15-17-8-4-3-5-9-17/h3-14H,2,15-16H2,1H3. The monoisotopic (exact) mass is 529 g/mol. The first kappa shape index (κ1) is 24.6. The van der Waals surface area contributed by atoms with Crippen LogP contribution in [0.2, 0.25) is 10.0 Å². The number of carbonyl (C=O) groups excluding carboxylic acids is 1. The second-order valence-electron chi connectivity index (χ2n) is 7.40. The number of amides is 1. The summed E-state index contributed by atoms with van der Waals surface area (Å²) in [6.07, 6.45) is 1.77. The van der Waals surface area contributed by atoms with Crippen LogP contribution in [0.25, 0.3) is 6.08 Å². The van der Waals surface area contributed by atoms with Gasteiger partial charge in [-0.2, -0.15) is 0 Å². The van der Waals surface area contributed by atoms with Gasteiger partial charge in [-0.15, -0.1) is 0 Å². The molecule has 4 nitrogen and oxygen atoms in total. The molecule has 1 aliphatic rings. The largest absolute Gasteiger partial charge is 0.490 e. The molecule has 3 aromatic rings. The summed E-state index contributed by atoms with van der Waals surface area (Å²) < 4.78 is 12.3. The van der Waals surface area contributed by atoms with Crippen LogP contribution in [0.4, 0.5) is 0 Å². The van der Waals surface area contributed by atoms with Gasteiger partial charge in [-0.1, -0.05) is 95.7 Å². The molecule has 1 aliphatic heterocycles. The molecule has 0 unspecified atom stereocenters. The Morgan fingerprint density at radius 3 is 2.47 bits per heavy atom.